The molecule has 0 aliphatic heterocycles. The maximum Gasteiger partial charge on any atom is 0.0715 e. The number of hydrogen-bond acceptors (Lipinski definition) is 1. The summed E-state index contributed by atoms with van der Waals surface area (Å²) >= 11 is 0. The van der Waals surface area contributed by atoms with Gasteiger partial charge in [-0.15, -0.1) is 0 Å². The molecular formula is C13H17N. The second kappa shape index (κ2) is 4.81. The van der Waals surface area contributed by atoms with E-state index in [0.717, 1.165) is 12.0 Å². The van der Waals surface area contributed by atoms with Crippen molar-refractivity contribution in [3.8, 4) is 6.07 Å². The van der Waals surface area contributed by atoms with Gasteiger partial charge in [0.1, 0.15) is 0 Å². The minimum absolute atomic E-state index is 0.0515. The van der Waals surface area contributed by atoms with E-state index in [9.17, 15) is 0 Å². The van der Waals surface area contributed by atoms with E-state index in [0.29, 0.717) is 5.92 Å². The van der Waals surface area contributed by atoms with Gasteiger partial charge in [-0.1, -0.05) is 43.7 Å². The first-order valence-electron chi connectivity index (χ1n) is 5.09. The second-order valence-electron chi connectivity index (χ2n) is 4.22. The molecule has 0 aliphatic carbocycles. The molecule has 74 valence electrons. The minimum Gasteiger partial charge on any atom is -0.198 e. The van der Waals surface area contributed by atoms with Crippen molar-refractivity contribution in [2.24, 2.45) is 5.92 Å². The molecular weight excluding hydrogens is 170 g/mol. The Hall–Kier alpha value is -1.29. The molecule has 0 radical (unpaired) electrons. The van der Waals surface area contributed by atoms with Crippen LogP contribution >= 0.6 is 0 Å². The third kappa shape index (κ3) is 2.88. The summed E-state index contributed by atoms with van der Waals surface area (Å²) in [6.45, 7) is 6.37. The topological polar surface area (TPSA) is 23.8 Å². The van der Waals surface area contributed by atoms with Crippen LogP contribution in [0, 0.1) is 24.2 Å². The number of nitrogens with zero attached hydrogens (tertiary/aromatic N) is 1. The first kappa shape index (κ1) is 10.8. The Kier molecular flexibility index (Phi) is 3.71. The molecule has 0 N–H and O–H groups in total. The highest BCUT2D eigenvalue weighted by Gasteiger charge is 2.11. The molecule has 1 unspecified atom stereocenters. The molecule has 1 aromatic carbocycles. The van der Waals surface area contributed by atoms with Crippen LogP contribution in [0.5, 0.6) is 0 Å². The maximum atomic E-state index is 9.05. The van der Waals surface area contributed by atoms with Crippen molar-refractivity contribution >= 4 is 0 Å². The van der Waals surface area contributed by atoms with E-state index in [1.54, 1.807) is 0 Å². The van der Waals surface area contributed by atoms with E-state index < -0.39 is 0 Å². The molecule has 0 saturated carbocycles. The van der Waals surface area contributed by atoms with Crippen LogP contribution in [-0.4, -0.2) is 0 Å². The third-order valence-electron chi connectivity index (χ3n) is 2.34. The van der Waals surface area contributed by atoms with Crippen LogP contribution in [-0.2, 0) is 0 Å². The number of aryl methyl sites for hydroxylation is 1. The van der Waals surface area contributed by atoms with Gasteiger partial charge in [0.25, 0.3) is 0 Å². The predicted octanol–water partition coefficient (Wildman–Crippen LogP) is 3.65. The lowest BCUT2D eigenvalue weighted by Crippen LogP contribution is -2.00. The summed E-state index contributed by atoms with van der Waals surface area (Å²) in [5, 5.41) is 9.05. The van der Waals surface area contributed by atoms with Crippen LogP contribution in [0.4, 0.5) is 0 Å². The van der Waals surface area contributed by atoms with Gasteiger partial charge in [0.05, 0.1) is 12.0 Å². The van der Waals surface area contributed by atoms with Crippen molar-refractivity contribution in [3.63, 3.8) is 0 Å². The van der Waals surface area contributed by atoms with E-state index in [4.69, 9.17) is 5.26 Å². The minimum atomic E-state index is 0.0515. The Morgan fingerprint density at radius 2 is 1.79 bits per heavy atom. The molecule has 1 atom stereocenters. The lowest BCUT2D eigenvalue weighted by atomic mass is 9.91. The maximum absolute atomic E-state index is 9.05. The molecule has 0 saturated heterocycles. The monoisotopic (exact) mass is 187 g/mol. The van der Waals surface area contributed by atoms with Gasteiger partial charge in [-0.3, -0.25) is 0 Å². The first-order chi connectivity index (χ1) is 6.63. The predicted molar refractivity (Wildman–Crippen MR) is 59.0 cm³/mol. The van der Waals surface area contributed by atoms with Gasteiger partial charge in [-0.05, 0) is 24.8 Å². The molecule has 0 fully saturated rings. The summed E-state index contributed by atoms with van der Waals surface area (Å²) < 4.78 is 0. The van der Waals surface area contributed by atoms with Crippen molar-refractivity contribution in [2.75, 3.05) is 0 Å². The van der Waals surface area contributed by atoms with Crippen LogP contribution in [0.3, 0.4) is 0 Å². The molecule has 0 spiro atoms. The quantitative estimate of drug-likeness (QED) is 0.708. The lowest BCUT2D eigenvalue weighted by Gasteiger charge is -2.11. The first-order valence-corrected chi connectivity index (χ1v) is 5.09. The van der Waals surface area contributed by atoms with E-state index in [-0.39, 0.29) is 5.92 Å². The van der Waals surface area contributed by atoms with Crippen molar-refractivity contribution < 1.29 is 0 Å². The van der Waals surface area contributed by atoms with Crippen LogP contribution < -0.4 is 0 Å². The van der Waals surface area contributed by atoms with E-state index in [2.05, 4.69) is 51.1 Å². The van der Waals surface area contributed by atoms with Crippen LogP contribution in [0.2, 0.25) is 0 Å². The molecule has 14 heavy (non-hydrogen) atoms. The zero-order valence-corrected chi connectivity index (χ0v) is 9.12. The molecule has 0 amide bonds. The van der Waals surface area contributed by atoms with Crippen molar-refractivity contribution in [2.45, 2.75) is 33.1 Å². The fourth-order valence-electron chi connectivity index (χ4n) is 1.53. The molecule has 1 heteroatoms. The summed E-state index contributed by atoms with van der Waals surface area (Å²) in [6.07, 6.45) is 0.944. The summed E-state index contributed by atoms with van der Waals surface area (Å²) in [6, 6.07) is 10.6. The molecule has 0 bridgehead atoms. The summed E-state index contributed by atoms with van der Waals surface area (Å²) in [5.41, 5.74) is 2.39. The Labute approximate surface area is 86.4 Å². The standard InChI is InChI=1S/C13H17N/c1-10(2)8-13(9-14)12-6-4-11(3)5-7-12/h4-7,10,13H,8H2,1-3H3. The summed E-state index contributed by atoms with van der Waals surface area (Å²) in [5.74, 6) is 0.622. The fraction of sp³-hybridized carbons (Fsp3) is 0.462. The van der Waals surface area contributed by atoms with Crippen molar-refractivity contribution in [3.05, 3.63) is 35.4 Å². The summed E-state index contributed by atoms with van der Waals surface area (Å²) in [7, 11) is 0. The van der Waals surface area contributed by atoms with Gasteiger partial charge >= 0.3 is 0 Å². The van der Waals surface area contributed by atoms with E-state index in [1.165, 1.54) is 5.56 Å². The van der Waals surface area contributed by atoms with Crippen LogP contribution in [0.25, 0.3) is 0 Å². The summed E-state index contributed by atoms with van der Waals surface area (Å²) in [4.78, 5) is 0. The number of nitriles is 1. The molecule has 1 rings (SSSR count). The average molecular weight is 187 g/mol. The Balaban J connectivity index is 2.80. The van der Waals surface area contributed by atoms with Gasteiger partial charge in [-0.25, -0.2) is 0 Å². The molecule has 0 aromatic heterocycles. The molecule has 0 heterocycles. The van der Waals surface area contributed by atoms with Crippen LogP contribution in [0.15, 0.2) is 24.3 Å². The number of rotatable bonds is 3. The molecule has 1 aromatic rings. The largest absolute Gasteiger partial charge is 0.198 e. The van der Waals surface area contributed by atoms with Crippen molar-refractivity contribution in [1.82, 2.24) is 0 Å². The Bertz CT molecular complexity index is 316. The van der Waals surface area contributed by atoms with Gasteiger partial charge in [-0.2, -0.15) is 5.26 Å². The van der Waals surface area contributed by atoms with Crippen molar-refractivity contribution in [1.29, 1.82) is 5.26 Å². The normalized spacial score (nSPS) is 12.5. The molecule has 0 aliphatic rings. The van der Waals surface area contributed by atoms with Gasteiger partial charge in [0, 0.05) is 0 Å². The zero-order chi connectivity index (χ0) is 10.6. The highest BCUT2D eigenvalue weighted by atomic mass is 14.3. The van der Waals surface area contributed by atoms with E-state index >= 15 is 0 Å². The van der Waals surface area contributed by atoms with E-state index in [1.807, 2.05) is 0 Å². The molecule has 1 nitrogen and oxygen atoms in total. The van der Waals surface area contributed by atoms with Crippen LogP contribution in [0.1, 0.15) is 37.3 Å². The highest BCUT2D eigenvalue weighted by Crippen LogP contribution is 2.23. The average Bonchev–Trinajstić information content (AvgIpc) is 2.15. The second-order valence-corrected chi connectivity index (χ2v) is 4.22. The smallest absolute Gasteiger partial charge is 0.0715 e. The Morgan fingerprint density at radius 3 is 2.21 bits per heavy atom. The third-order valence-corrected chi connectivity index (χ3v) is 2.34. The number of hydrogen-bond donors (Lipinski definition) is 0. The van der Waals surface area contributed by atoms with Gasteiger partial charge in [0.15, 0.2) is 0 Å². The Morgan fingerprint density at radius 1 is 1.21 bits per heavy atom. The fourth-order valence-corrected chi connectivity index (χ4v) is 1.53. The lowest BCUT2D eigenvalue weighted by molar-refractivity contribution is 0.555. The zero-order valence-electron chi connectivity index (χ0n) is 9.12. The van der Waals surface area contributed by atoms with Gasteiger partial charge < -0.3 is 0 Å². The highest BCUT2D eigenvalue weighted by molar-refractivity contribution is 5.28. The number of benzene rings is 1. The van der Waals surface area contributed by atoms with Gasteiger partial charge in [0.2, 0.25) is 0 Å². The SMILES string of the molecule is Cc1ccc(C(C#N)CC(C)C)cc1.